The molecule has 0 heterocycles. The maximum Gasteiger partial charge on any atom is 0.0794 e. The molecule has 27 heavy (non-hydrogen) atoms. The lowest BCUT2D eigenvalue weighted by atomic mass is 9.92. The fourth-order valence-electron chi connectivity index (χ4n) is 4.03. The van der Waals surface area contributed by atoms with Gasteiger partial charge < -0.3 is 0 Å². The predicted molar refractivity (Wildman–Crippen MR) is 117 cm³/mol. The maximum absolute atomic E-state index is 5.34. The number of aryl methyl sites for hydroxylation is 1. The van der Waals surface area contributed by atoms with E-state index in [9.17, 15) is 0 Å². The van der Waals surface area contributed by atoms with Crippen LogP contribution in [0.2, 0.25) is 0 Å². The minimum absolute atomic E-state index is 0.441. The maximum atomic E-state index is 5.34. The van der Waals surface area contributed by atoms with Crippen molar-refractivity contribution in [1.82, 2.24) is 0 Å². The van der Waals surface area contributed by atoms with E-state index in [-0.39, 0.29) is 0 Å². The summed E-state index contributed by atoms with van der Waals surface area (Å²) in [5, 5.41) is 0. The van der Waals surface area contributed by atoms with Gasteiger partial charge in [-0.05, 0) is 47.1 Å². The average Bonchev–Trinajstić information content (AvgIpc) is 2.95. The highest BCUT2D eigenvalue weighted by atomic mass is 14.8. The molecule has 1 nitrogen and oxygen atoms in total. The number of para-hydroxylation sites is 1. The van der Waals surface area contributed by atoms with Crippen molar-refractivity contribution in [3.63, 3.8) is 0 Å². The van der Waals surface area contributed by atoms with Crippen LogP contribution >= 0.6 is 0 Å². The van der Waals surface area contributed by atoms with Gasteiger partial charge in [-0.25, -0.2) is 4.99 Å². The van der Waals surface area contributed by atoms with Crippen molar-refractivity contribution in [2.45, 2.75) is 46.5 Å². The summed E-state index contributed by atoms with van der Waals surface area (Å²) in [5.41, 5.74) is 11.3. The second-order valence-corrected chi connectivity index (χ2v) is 8.15. The van der Waals surface area contributed by atoms with Crippen LogP contribution in [0, 0.1) is 6.92 Å². The molecule has 0 fully saturated rings. The third-order valence-corrected chi connectivity index (χ3v) is 5.47. The first-order valence-corrected chi connectivity index (χ1v) is 9.89. The summed E-state index contributed by atoms with van der Waals surface area (Å²) < 4.78 is 0. The van der Waals surface area contributed by atoms with E-state index in [0.29, 0.717) is 11.8 Å². The number of benzene rings is 3. The van der Waals surface area contributed by atoms with Crippen LogP contribution in [0.3, 0.4) is 0 Å². The number of fused-ring (bicyclic) bond motifs is 3. The number of nitrogens with zero attached hydrogens (tertiary/aromatic N) is 1. The lowest BCUT2D eigenvalue weighted by molar-refractivity contribution is 0.835. The Bertz CT molecular complexity index is 1010. The minimum Gasteiger partial charge on any atom is -0.247 e. The lowest BCUT2D eigenvalue weighted by Crippen LogP contribution is -2.01. The molecule has 1 heteroatoms. The van der Waals surface area contributed by atoms with Gasteiger partial charge in [-0.3, -0.25) is 0 Å². The third-order valence-electron chi connectivity index (χ3n) is 5.47. The molecule has 0 radical (unpaired) electrons. The van der Waals surface area contributed by atoms with Gasteiger partial charge in [0.15, 0.2) is 0 Å². The Morgan fingerprint density at radius 1 is 0.630 bits per heavy atom. The van der Waals surface area contributed by atoms with Crippen LogP contribution in [-0.2, 0) is 0 Å². The summed E-state index contributed by atoms with van der Waals surface area (Å²) in [6, 6.07) is 22.0. The zero-order valence-electron chi connectivity index (χ0n) is 16.9. The molecule has 1 aliphatic rings. The first-order valence-electron chi connectivity index (χ1n) is 9.89. The van der Waals surface area contributed by atoms with Crippen molar-refractivity contribution in [1.29, 1.82) is 0 Å². The SMILES string of the molecule is Cc1ccc2c(c1)C(=Nc1c(C(C)C)cccc1C(C)C)c1ccccc1-2. The van der Waals surface area contributed by atoms with E-state index in [1.165, 1.54) is 38.9 Å². The van der Waals surface area contributed by atoms with Gasteiger partial charge in [0.1, 0.15) is 0 Å². The Morgan fingerprint density at radius 2 is 1.22 bits per heavy atom. The molecule has 0 N–H and O–H groups in total. The summed E-state index contributed by atoms with van der Waals surface area (Å²) >= 11 is 0. The number of rotatable bonds is 3. The van der Waals surface area contributed by atoms with Crippen LogP contribution in [0.15, 0.2) is 65.7 Å². The molecule has 3 aromatic carbocycles. The van der Waals surface area contributed by atoms with Crippen LogP contribution in [0.4, 0.5) is 5.69 Å². The third kappa shape index (κ3) is 3.02. The summed E-state index contributed by atoms with van der Waals surface area (Å²) in [6.45, 7) is 11.2. The lowest BCUT2D eigenvalue weighted by Gasteiger charge is -2.17. The van der Waals surface area contributed by atoms with Gasteiger partial charge in [-0.1, -0.05) is 87.9 Å². The highest BCUT2D eigenvalue weighted by Gasteiger charge is 2.25. The first-order chi connectivity index (χ1) is 13.0. The standard InChI is InChI=1S/C26H27N/c1-16(2)19-11-8-12-20(17(3)4)25(19)27-26-23-10-7-6-9-21(23)22-14-13-18(5)15-24(22)26/h6-17H,1-5H3. The molecule has 0 bridgehead atoms. The molecular weight excluding hydrogens is 326 g/mol. The van der Waals surface area contributed by atoms with E-state index in [4.69, 9.17) is 4.99 Å². The van der Waals surface area contributed by atoms with Gasteiger partial charge in [0.05, 0.1) is 11.4 Å². The normalized spacial score (nSPS) is 14.1. The monoisotopic (exact) mass is 353 g/mol. The van der Waals surface area contributed by atoms with Crippen molar-refractivity contribution in [3.05, 3.63) is 88.5 Å². The minimum atomic E-state index is 0.441. The Balaban J connectivity index is 2.03. The van der Waals surface area contributed by atoms with E-state index in [1.54, 1.807) is 0 Å². The zero-order valence-corrected chi connectivity index (χ0v) is 16.9. The Morgan fingerprint density at radius 3 is 1.85 bits per heavy atom. The van der Waals surface area contributed by atoms with Crippen LogP contribution < -0.4 is 0 Å². The van der Waals surface area contributed by atoms with Crippen molar-refractivity contribution >= 4 is 11.4 Å². The molecule has 4 rings (SSSR count). The molecule has 0 aromatic heterocycles. The number of hydrogen-bond donors (Lipinski definition) is 0. The second-order valence-electron chi connectivity index (χ2n) is 8.15. The second kappa shape index (κ2) is 6.81. The summed E-state index contributed by atoms with van der Waals surface area (Å²) in [4.78, 5) is 5.34. The van der Waals surface area contributed by atoms with E-state index in [0.717, 1.165) is 11.4 Å². The first kappa shape index (κ1) is 17.7. The van der Waals surface area contributed by atoms with Crippen LogP contribution in [0.5, 0.6) is 0 Å². The molecule has 0 saturated heterocycles. The summed E-state index contributed by atoms with van der Waals surface area (Å²) in [6.07, 6.45) is 0. The van der Waals surface area contributed by atoms with Crippen molar-refractivity contribution in [2.24, 2.45) is 4.99 Å². The zero-order chi connectivity index (χ0) is 19.1. The van der Waals surface area contributed by atoms with Crippen molar-refractivity contribution < 1.29 is 0 Å². The molecule has 136 valence electrons. The molecule has 0 aliphatic heterocycles. The average molecular weight is 354 g/mol. The largest absolute Gasteiger partial charge is 0.247 e. The molecule has 0 atom stereocenters. The highest BCUT2D eigenvalue weighted by molar-refractivity contribution is 6.25. The van der Waals surface area contributed by atoms with Crippen molar-refractivity contribution in [3.8, 4) is 11.1 Å². The number of aliphatic imine (C=N–C) groups is 1. The molecule has 3 aromatic rings. The Labute approximate surface area is 162 Å². The molecular formula is C26H27N. The van der Waals surface area contributed by atoms with Gasteiger partial charge in [-0.15, -0.1) is 0 Å². The van der Waals surface area contributed by atoms with Gasteiger partial charge in [0, 0.05) is 11.1 Å². The van der Waals surface area contributed by atoms with E-state index < -0.39 is 0 Å². The smallest absolute Gasteiger partial charge is 0.0794 e. The highest BCUT2D eigenvalue weighted by Crippen LogP contribution is 2.41. The summed E-state index contributed by atoms with van der Waals surface area (Å²) in [5.74, 6) is 0.883. The topological polar surface area (TPSA) is 12.4 Å². The van der Waals surface area contributed by atoms with E-state index >= 15 is 0 Å². The van der Waals surface area contributed by atoms with Gasteiger partial charge in [0.2, 0.25) is 0 Å². The molecule has 0 amide bonds. The number of hydrogen-bond acceptors (Lipinski definition) is 1. The van der Waals surface area contributed by atoms with E-state index in [1.807, 2.05) is 0 Å². The van der Waals surface area contributed by atoms with Gasteiger partial charge >= 0.3 is 0 Å². The van der Waals surface area contributed by atoms with Gasteiger partial charge in [-0.2, -0.15) is 0 Å². The summed E-state index contributed by atoms with van der Waals surface area (Å²) in [7, 11) is 0. The molecule has 1 aliphatic carbocycles. The van der Waals surface area contributed by atoms with Crippen LogP contribution in [0.1, 0.15) is 67.3 Å². The predicted octanol–water partition coefficient (Wildman–Crippen LogP) is 7.39. The molecule has 0 unspecified atom stereocenters. The molecule has 0 spiro atoms. The Kier molecular flexibility index (Phi) is 4.47. The Hall–Kier alpha value is -2.67. The fraction of sp³-hybridized carbons (Fsp3) is 0.269. The molecule has 0 saturated carbocycles. The van der Waals surface area contributed by atoms with Crippen LogP contribution in [-0.4, -0.2) is 5.71 Å². The van der Waals surface area contributed by atoms with Gasteiger partial charge in [0.25, 0.3) is 0 Å². The van der Waals surface area contributed by atoms with Crippen molar-refractivity contribution in [2.75, 3.05) is 0 Å². The van der Waals surface area contributed by atoms with E-state index in [2.05, 4.69) is 95.3 Å². The quantitative estimate of drug-likeness (QED) is 0.364. The fourth-order valence-corrected chi connectivity index (χ4v) is 4.03. The van der Waals surface area contributed by atoms with Crippen LogP contribution in [0.25, 0.3) is 11.1 Å².